The summed E-state index contributed by atoms with van der Waals surface area (Å²) in [4.78, 5) is 47.6. The number of carbonyl (C=O) groups is 1. The SMILES string of the molecule is C=CCn1c(=O)c2cnc(Nc3ccc(N4CCN(Cc5ccc(-c6[nH]c7cc(F)cc8c7c6CCNC8=O)cc5F)CC4)cc3)nc2n1-c1cccc(C(C)(C)O)n1. The molecular formula is C44H42F2N10O3. The Kier molecular flexibility index (Phi) is 9.56. The van der Waals surface area contributed by atoms with E-state index in [9.17, 15) is 19.1 Å². The molecule has 4 aromatic heterocycles. The number of anilines is 3. The van der Waals surface area contributed by atoms with Gasteiger partial charge in [0.2, 0.25) is 5.95 Å². The number of nitrogens with one attached hydrogen (secondary N) is 3. The summed E-state index contributed by atoms with van der Waals surface area (Å²) in [6.07, 6.45) is 3.67. The van der Waals surface area contributed by atoms with E-state index in [-0.39, 0.29) is 29.4 Å². The van der Waals surface area contributed by atoms with Gasteiger partial charge in [0.25, 0.3) is 11.5 Å². The van der Waals surface area contributed by atoms with Crippen LogP contribution >= 0.6 is 0 Å². The summed E-state index contributed by atoms with van der Waals surface area (Å²) in [7, 11) is 0. The maximum Gasteiger partial charge on any atom is 0.278 e. The summed E-state index contributed by atoms with van der Waals surface area (Å²) in [6, 6.07) is 21.1. The van der Waals surface area contributed by atoms with Crippen molar-refractivity contribution in [1.82, 2.24) is 39.5 Å². The fraction of sp³-hybridized carbons (Fsp3) is 0.250. The molecule has 1 fully saturated rings. The molecule has 2 aliphatic heterocycles. The third-order valence-corrected chi connectivity index (χ3v) is 11.0. The van der Waals surface area contributed by atoms with E-state index < -0.39 is 11.4 Å². The molecule has 2 aliphatic rings. The average Bonchev–Trinajstić information content (AvgIpc) is 3.65. The van der Waals surface area contributed by atoms with Crippen LogP contribution in [0.15, 0.2) is 96.4 Å². The van der Waals surface area contributed by atoms with Gasteiger partial charge in [-0.2, -0.15) is 4.98 Å². The maximum atomic E-state index is 15.7. The third kappa shape index (κ3) is 7.12. The van der Waals surface area contributed by atoms with Gasteiger partial charge in [-0.3, -0.25) is 14.5 Å². The minimum Gasteiger partial charge on any atom is -0.384 e. The number of halogens is 2. The molecule has 0 radical (unpaired) electrons. The molecule has 7 aromatic rings. The molecule has 1 amide bonds. The number of amides is 1. The normalized spacial score (nSPS) is 14.8. The quantitative estimate of drug-likeness (QED) is 0.119. The monoisotopic (exact) mass is 796 g/mol. The minimum absolute atomic E-state index is 0.217. The second-order valence-corrected chi connectivity index (χ2v) is 15.5. The zero-order valence-electron chi connectivity index (χ0n) is 32.6. The lowest BCUT2D eigenvalue weighted by Crippen LogP contribution is -2.46. The van der Waals surface area contributed by atoms with Crippen LogP contribution in [-0.4, -0.2) is 77.9 Å². The lowest BCUT2D eigenvalue weighted by atomic mass is 9.99. The molecule has 59 heavy (non-hydrogen) atoms. The van der Waals surface area contributed by atoms with Gasteiger partial charge in [0.05, 0.1) is 17.8 Å². The average molecular weight is 797 g/mol. The topological polar surface area (TPSA) is 149 Å². The Bertz CT molecular complexity index is 2830. The molecule has 6 heterocycles. The molecule has 4 N–H and O–H groups in total. The maximum absolute atomic E-state index is 15.7. The van der Waals surface area contributed by atoms with Crippen molar-refractivity contribution in [2.24, 2.45) is 0 Å². The number of aromatic nitrogens is 6. The molecule has 9 rings (SSSR count). The molecule has 0 atom stereocenters. The van der Waals surface area contributed by atoms with Crippen LogP contribution < -0.4 is 21.1 Å². The van der Waals surface area contributed by atoms with Gasteiger partial charge in [0.15, 0.2) is 11.5 Å². The Hall–Kier alpha value is -6.71. The highest BCUT2D eigenvalue weighted by Gasteiger charge is 2.26. The van der Waals surface area contributed by atoms with E-state index in [2.05, 4.69) is 42.0 Å². The number of carbonyl (C=O) groups excluding carboxylic acids is 1. The first-order valence-corrected chi connectivity index (χ1v) is 19.5. The van der Waals surface area contributed by atoms with Gasteiger partial charge in [-0.05, 0) is 80.4 Å². The number of allylic oxidation sites excluding steroid dienone is 1. The highest BCUT2D eigenvalue weighted by atomic mass is 19.1. The number of fused-ring (bicyclic) bond motifs is 1. The highest BCUT2D eigenvalue weighted by Crippen LogP contribution is 2.35. The fourth-order valence-electron chi connectivity index (χ4n) is 8.05. The first-order valence-electron chi connectivity index (χ1n) is 19.5. The van der Waals surface area contributed by atoms with Crippen molar-refractivity contribution in [2.45, 2.75) is 39.0 Å². The van der Waals surface area contributed by atoms with Gasteiger partial charge in [0.1, 0.15) is 22.6 Å². The van der Waals surface area contributed by atoms with Crippen LogP contribution in [0.5, 0.6) is 0 Å². The summed E-state index contributed by atoms with van der Waals surface area (Å²) >= 11 is 0. The predicted octanol–water partition coefficient (Wildman–Crippen LogP) is 6.17. The zero-order chi connectivity index (χ0) is 41.0. The van der Waals surface area contributed by atoms with Gasteiger partial charge in [-0.15, -0.1) is 6.58 Å². The Labute approximate surface area is 337 Å². The fourth-order valence-corrected chi connectivity index (χ4v) is 8.05. The van der Waals surface area contributed by atoms with Crippen LogP contribution in [0.4, 0.5) is 26.1 Å². The van der Waals surface area contributed by atoms with Crippen LogP contribution in [0.2, 0.25) is 0 Å². The molecule has 0 bridgehead atoms. The van der Waals surface area contributed by atoms with Gasteiger partial charge >= 0.3 is 0 Å². The van der Waals surface area contributed by atoms with E-state index in [0.717, 1.165) is 43.1 Å². The summed E-state index contributed by atoms with van der Waals surface area (Å²) in [6.45, 7) is 11.2. The van der Waals surface area contributed by atoms with Gasteiger partial charge in [0, 0.05) is 84.6 Å². The first kappa shape index (κ1) is 37.8. The number of nitrogens with zero attached hydrogens (tertiary/aromatic N) is 7. The van der Waals surface area contributed by atoms with Crippen molar-refractivity contribution >= 4 is 45.2 Å². The number of aliphatic hydroxyl groups is 1. The molecule has 1 saturated heterocycles. The van der Waals surface area contributed by atoms with E-state index in [1.54, 1.807) is 42.8 Å². The lowest BCUT2D eigenvalue weighted by molar-refractivity contribution is 0.0737. The molecular weight excluding hydrogens is 755 g/mol. The highest BCUT2D eigenvalue weighted by molar-refractivity contribution is 6.10. The van der Waals surface area contributed by atoms with E-state index in [1.807, 2.05) is 36.4 Å². The Morgan fingerprint density at radius 3 is 2.53 bits per heavy atom. The number of rotatable bonds is 10. The second-order valence-electron chi connectivity index (χ2n) is 15.5. The van der Waals surface area contributed by atoms with Crippen molar-refractivity contribution < 1.29 is 18.7 Å². The largest absolute Gasteiger partial charge is 0.384 e. The van der Waals surface area contributed by atoms with Gasteiger partial charge in [-0.1, -0.05) is 24.3 Å². The Morgan fingerprint density at radius 2 is 1.78 bits per heavy atom. The Morgan fingerprint density at radius 1 is 0.983 bits per heavy atom. The molecule has 15 heteroatoms. The van der Waals surface area contributed by atoms with E-state index in [1.165, 1.54) is 29.1 Å². The van der Waals surface area contributed by atoms with E-state index >= 15 is 4.39 Å². The summed E-state index contributed by atoms with van der Waals surface area (Å²) in [5.74, 6) is -0.409. The smallest absolute Gasteiger partial charge is 0.278 e. The third-order valence-electron chi connectivity index (χ3n) is 11.0. The Balaban J connectivity index is 0.865. The minimum atomic E-state index is -1.19. The summed E-state index contributed by atoms with van der Waals surface area (Å²) in [5, 5.41) is 17.7. The van der Waals surface area contributed by atoms with Crippen molar-refractivity contribution in [2.75, 3.05) is 42.9 Å². The number of pyridine rings is 1. The van der Waals surface area contributed by atoms with Gasteiger partial charge in [-0.25, -0.2) is 28.1 Å². The molecule has 13 nitrogen and oxygen atoms in total. The molecule has 300 valence electrons. The van der Waals surface area contributed by atoms with Crippen molar-refractivity contribution in [3.05, 3.63) is 136 Å². The number of hydrogen-bond donors (Lipinski definition) is 4. The van der Waals surface area contributed by atoms with Gasteiger partial charge < -0.3 is 25.6 Å². The van der Waals surface area contributed by atoms with Crippen LogP contribution in [0, 0.1) is 11.6 Å². The van der Waals surface area contributed by atoms with Crippen molar-refractivity contribution in [1.29, 1.82) is 0 Å². The second kappa shape index (κ2) is 14.9. The lowest BCUT2D eigenvalue weighted by Gasteiger charge is -2.36. The number of aromatic amines is 1. The van der Waals surface area contributed by atoms with Crippen LogP contribution in [-0.2, 0) is 25.1 Å². The van der Waals surface area contributed by atoms with Crippen LogP contribution in [0.3, 0.4) is 0 Å². The molecule has 0 unspecified atom stereocenters. The number of H-pyrrole nitrogens is 1. The number of hydrogen-bond acceptors (Lipinski definition) is 9. The summed E-state index contributed by atoms with van der Waals surface area (Å²) < 4.78 is 33.1. The number of benzene rings is 3. The van der Waals surface area contributed by atoms with Crippen molar-refractivity contribution in [3.63, 3.8) is 0 Å². The van der Waals surface area contributed by atoms with E-state index in [4.69, 9.17) is 4.98 Å². The van der Waals surface area contributed by atoms with Crippen molar-refractivity contribution in [3.8, 4) is 17.1 Å². The molecule has 0 saturated carbocycles. The standard InChI is InChI=1S/C44H42F2N10O3/c1-4-16-55-42(58)33-24-48-43(52-40(33)56(55)37-7-5-6-36(51-37)44(2,3)59)49-29-10-12-30(13-11-29)54-19-17-53(18-20-54)25-27-9-8-26(21-34(27)46)39-31-14-15-47-41(57)32-22-28(45)23-35(50-39)38(31)32/h4-13,21-24,50,59H,1,14-20,25H2,2-3H3,(H,47,57)(H,48,49,52). The van der Waals surface area contributed by atoms with Crippen LogP contribution in [0.25, 0.3) is 39.0 Å². The predicted molar refractivity (Wildman–Crippen MR) is 223 cm³/mol. The molecule has 0 aliphatic carbocycles. The number of piperazine rings is 1. The molecule has 0 spiro atoms. The molecule has 3 aromatic carbocycles. The van der Waals surface area contributed by atoms with Crippen LogP contribution in [0.1, 0.15) is 41.0 Å². The summed E-state index contributed by atoms with van der Waals surface area (Å²) in [5.41, 5.74) is 4.79. The van der Waals surface area contributed by atoms with E-state index in [0.29, 0.717) is 75.7 Å². The first-order chi connectivity index (χ1) is 28.4. The zero-order valence-corrected chi connectivity index (χ0v) is 32.6.